The summed E-state index contributed by atoms with van der Waals surface area (Å²) in [4.78, 5) is 22.5. The molecular weight excluding hydrogens is 264 g/mol. The zero-order valence-electron chi connectivity index (χ0n) is 10.2. The van der Waals surface area contributed by atoms with Crippen molar-refractivity contribution in [1.29, 1.82) is 0 Å². The molecule has 1 heterocycles. The van der Waals surface area contributed by atoms with Crippen molar-refractivity contribution in [2.24, 2.45) is 0 Å². The first kappa shape index (κ1) is 13.4. The highest BCUT2D eigenvalue weighted by Gasteiger charge is 2.05. The van der Waals surface area contributed by atoms with Gasteiger partial charge in [-0.05, 0) is 36.4 Å². The molecule has 4 nitrogen and oxygen atoms in total. The van der Waals surface area contributed by atoms with Gasteiger partial charge in [-0.2, -0.15) is 0 Å². The van der Waals surface area contributed by atoms with E-state index in [0.717, 1.165) is 6.29 Å². The van der Waals surface area contributed by atoms with E-state index in [1.165, 1.54) is 0 Å². The normalized spacial score (nSPS) is 10.2. The Bertz CT molecular complexity index is 575. The molecule has 1 aromatic carbocycles. The summed E-state index contributed by atoms with van der Waals surface area (Å²) < 4.78 is 1.74. The van der Waals surface area contributed by atoms with Crippen LogP contribution in [0.3, 0.4) is 0 Å². The van der Waals surface area contributed by atoms with Gasteiger partial charge in [0, 0.05) is 29.9 Å². The maximum absolute atomic E-state index is 11.7. The van der Waals surface area contributed by atoms with Gasteiger partial charge in [-0.25, -0.2) is 0 Å². The van der Waals surface area contributed by atoms with Crippen molar-refractivity contribution < 1.29 is 9.59 Å². The fraction of sp³-hybridized carbons (Fsp3) is 0.143. The second kappa shape index (κ2) is 6.20. The molecule has 0 saturated carbocycles. The summed E-state index contributed by atoms with van der Waals surface area (Å²) in [6.45, 7) is 0.473. The van der Waals surface area contributed by atoms with Gasteiger partial charge >= 0.3 is 0 Å². The zero-order valence-corrected chi connectivity index (χ0v) is 10.9. The first-order chi connectivity index (χ1) is 9.19. The summed E-state index contributed by atoms with van der Waals surface area (Å²) in [6, 6.07) is 10.4. The van der Waals surface area contributed by atoms with Gasteiger partial charge in [0.1, 0.15) is 0 Å². The van der Waals surface area contributed by atoms with Crippen molar-refractivity contribution in [3.8, 4) is 0 Å². The lowest BCUT2D eigenvalue weighted by Crippen LogP contribution is -2.14. The zero-order chi connectivity index (χ0) is 13.7. The highest BCUT2D eigenvalue weighted by molar-refractivity contribution is 6.30. The van der Waals surface area contributed by atoms with Crippen LogP contribution < -0.4 is 5.32 Å². The number of rotatable bonds is 5. The Kier molecular flexibility index (Phi) is 4.36. The number of nitrogens with zero attached hydrogens (tertiary/aromatic N) is 1. The third kappa shape index (κ3) is 3.69. The number of aromatic nitrogens is 1. The van der Waals surface area contributed by atoms with E-state index < -0.39 is 0 Å². The van der Waals surface area contributed by atoms with Gasteiger partial charge in [0.25, 0.3) is 0 Å². The van der Waals surface area contributed by atoms with Crippen LogP contribution in [0.25, 0.3) is 0 Å². The molecule has 2 rings (SSSR count). The molecule has 0 unspecified atom stereocenters. The number of benzene rings is 1. The van der Waals surface area contributed by atoms with E-state index in [2.05, 4.69) is 5.32 Å². The fourth-order valence-electron chi connectivity index (χ4n) is 1.72. The van der Waals surface area contributed by atoms with Crippen molar-refractivity contribution in [3.63, 3.8) is 0 Å². The Morgan fingerprint density at radius 2 is 2.00 bits per heavy atom. The molecule has 0 aliphatic carbocycles. The Balaban J connectivity index is 1.88. The Labute approximate surface area is 116 Å². The Morgan fingerprint density at radius 1 is 1.26 bits per heavy atom. The summed E-state index contributed by atoms with van der Waals surface area (Å²) in [5.41, 5.74) is 1.27. The van der Waals surface area contributed by atoms with Crippen LogP contribution in [0.15, 0.2) is 42.6 Å². The second-order valence-corrected chi connectivity index (χ2v) is 4.49. The van der Waals surface area contributed by atoms with Crippen LogP contribution >= 0.6 is 11.6 Å². The average Bonchev–Trinajstić information content (AvgIpc) is 2.86. The fourth-order valence-corrected chi connectivity index (χ4v) is 1.84. The highest BCUT2D eigenvalue weighted by Crippen LogP contribution is 2.13. The molecule has 0 spiro atoms. The number of carbonyl (C=O) groups excluding carboxylic acids is 2. The molecule has 0 radical (unpaired) electrons. The van der Waals surface area contributed by atoms with Crippen molar-refractivity contribution in [2.75, 3.05) is 5.32 Å². The summed E-state index contributed by atoms with van der Waals surface area (Å²) in [5, 5.41) is 3.40. The van der Waals surface area contributed by atoms with Crippen LogP contribution in [0.2, 0.25) is 5.02 Å². The van der Waals surface area contributed by atoms with Crippen LogP contribution in [0.1, 0.15) is 16.9 Å². The lowest BCUT2D eigenvalue weighted by molar-refractivity contribution is -0.116. The third-order valence-electron chi connectivity index (χ3n) is 2.69. The smallest absolute Gasteiger partial charge is 0.226 e. The van der Waals surface area contributed by atoms with Gasteiger partial charge in [0.15, 0.2) is 6.29 Å². The maximum Gasteiger partial charge on any atom is 0.226 e. The van der Waals surface area contributed by atoms with Crippen molar-refractivity contribution in [3.05, 3.63) is 53.3 Å². The summed E-state index contributed by atoms with van der Waals surface area (Å²) in [6.07, 6.45) is 2.86. The van der Waals surface area contributed by atoms with Crippen LogP contribution in [-0.4, -0.2) is 16.8 Å². The number of nitrogens with one attached hydrogen (secondary N) is 1. The highest BCUT2D eigenvalue weighted by atomic mass is 35.5. The standard InChI is InChI=1S/C14H13ClN2O2/c15-11-3-5-12(6-4-11)16-14(19)7-9-17-8-1-2-13(17)10-18/h1-6,8,10H,7,9H2,(H,16,19). The van der Waals surface area contributed by atoms with Crippen molar-refractivity contribution in [2.45, 2.75) is 13.0 Å². The quantitative estimate of drug-likeness (QED) is 0.854. The molecule has 0 saturated heterocycles. The summed E-state index contributed by atoms with van der Waals surface area (Å²) in [7, 11) is 0. The van der Waals surface area contributed by atoms with Gasteiger partial charge in [-0.1, -0.05) is 11.6 Å². The number of amides is 1. The van der Waals surface area contributed by atoms with E-state index in [1.807, 2.05) is 0 Å². The molecule has 1 amide bonds. The van der Waals surface area contributed by atoms with E-state index >= 15 is 0 Å². The van der Waals surface area contributed by atoms with Gasteiger partial charge < -0.3 is 9.88 Å². The molecule has 5 heteroatoms. The number of aryl methyl sites for hydroxylation is 1. The largest absolute Gasteiger partial charge is 0.345 e. The molecule has 0 aliphatic rings. The van der Waals surface area contributed by atoms with Crippen LogP contribution in [0.5, 0.6) is 0 Å². The van der Waals surface area contributed by atoms with Gasteiger partial charge in [0.05, 0.1) is 5.69 Å². The molecule has 0 aliphatic heterocycles. The van der Waals surface area contributed by atoms with E-state index in [4.69, 9.17) is 11.6 Å². The Hall–Kier alpha value is -2.07. The topological polar surface area (TPSA) is 51.1 Å². The number of hydrogen-bond acceptors (Lipinski definition) is 2. The third-order valence-corrected chi connectivity index (χ3v) is 2.95. The monoisotopic (exact) mass is 276 g/mol. The molecule has 0 fully saturated rings. The summed E-state index contributed by atoms with van der Waals surface area (Å²) >= 11 is 5.76. The van der Waals surface area contributed by atoms with Crippen molar-refractivity contribution >= 4 is 29.5 Å². The predicted molar refractivity (Wildman–Crippen MR) is 74.5 cm³/mol. The number of halogens is 1. The lowest BCUT2D eigenvalue weighted by atomic mass is 10.3. The van der Waals surface area contributed by atoms with E-state index in [-0.39, 0.29) is 5.91 Å². The van der Waals surface area contributed by atoms with Gasteiger partial charge in [-0.3, -0.25) is 9.59 Å². The number of aldehydes is 1. The number of carbonyl (C=O) groups is 2. The molecular formula is C14H13ClN2O2. The van der Waals surface area contributed by atoms with Crippen molar-refractivity contribution in [1.82, 2.24) is 4.57 Å². The summed E-state index contributed by atoms with van der Waals surface area (Å²) in [5.74, 6) is -0.104. The van der Waals surface area contributed by atoms with E-state index in [1.54, 1.807) is 47.2 Å². The van der Waals surface area contributed by atoms with E-state index in [9.17, 15) is 9.59 Å². The molecule has 19 heavy (non-hydrogen) atoms. The minimum atomic E-state index is -0.104. The van der Waals surface area contributed by atoms with Crippen LogP contribution in [0.4, 0.5) is 5.69 Å². The second-order valence-electron chi connectivity index (χ2n) is 4.05. The average molecular weight is 277 g/mol. The van der Waals surface area contributed by atoms with E-state index in [0.29, 0.717) is 29.4 Å². The number of hydrogen-bond donors (Lipinski definition) is 1. The maximum atomic E-state index is 11.7. The lowest BCUT2D eigenvalue weighted by Gasteiger charge is -2.07. The SMILES string of the molecule is O=Cc1cccn1CCC(=O)Nc1ccc(Cl)cc1. The molecule has 0 bridgehead atoms. The molecule has 0 atom stereocenters. The first-order valence-corrected chi connectivity index (χ1v) is 6.22. The minimum Gasteiger partial charge on any atom is -0.345 e. The van der Waals surface area contributed by atoms with Crippen LogP contribution in [0, 0.1) is 0 Å². The predicted octanol–water partition coefficient (Wildman–Crippen LogP) is 2.98. The van der Waals surface area contributed by atoms with Gasteiger partial charge in [0.2, 0.25) is 5.91 Å². The van der Waals surface area contributed by atoms with Crippen LogP contribution in [-0.2, 0) is 11.3 Å². The Morgan fingerprint density at radius 3 is 2.68 bits per heavy atom. The minimum absolute atomic E-state index is 0.104. The first-order valence-electron chi connectivity index (χ1n) is 5.85. The van der Waals surface area contributed by atoms with Gasteiger partial charge in [-0.15, -0.1) is 0 Å². The molecule has 2 aromatic rings. The molecule has 98 valence electrons. The number of anilines is 1. The molecule has 1 N–H and O–H groups in total. The molecule has 1 aromatic heterocycles.